The number of halogens is 2. The molecule has 0 aromatic heterocycles. The minimum atomic E-state index is 0.362. The van der Waals surface area contributed by atoms with Gasteiger partial charge in [-0.3, -0.25) is 0 Å². The van der Waals surface area contributed by atoms with E-state index in [9.17, 15) is 4.79 Å². The van der Waals surface area contributed by atoms with Gasteiger partial charge in [0.1, 0.15) is 6.29 Å². The summed E-state index contributed by atoms with van der Waals surface area (Å²) >= 11 is 12.0. The van der Waals surface area contributed by atoms with Gasteiger partial charge in [-0.25, -0.2) is 0 Å². The highest BCUT2D eigenvalue weighted by Crippen LogP contribution is 2.54. The first-order valence-corrected chi connectivity index (χ1v) is 14.4. The van der Waals surface area contributed by atoms with Crippen LogP contribution in [0.25, 0.3) is 0 Å². The molecule has 5 heteroatoms. The molecule has 0 amide bonds. The van der Waals surface area contributed by atoms with Gasteiger partial charge < -0.3 is 14.8 Å². The van der Waals surface area contributed by atoms with Crippen molar-refractivity contribution in [1.29, 1.82) is 0 Å². The van der Waals surface area contributed by atoms with E-state index in [1.54, 1.807) is 11.1 Å². The zero-order valence-corrected chi connectivity index (χ0v) is 23.8. The van der Waals surface area contributed by atoms with E-state index in [2.05, 4.69) is 36.9 Å². The Hall–Kier alpha value is -1.39. The zero-order chi connectivity index (χ0) is 26.1. The van der Waals surface area contributed by atoms with Gasteiger partial charge in [-0.1, -0.05) is 60.0 Å². The van der Waals surface area contributed by atoms with Gasteiger partial charge in [-0.15, -0.1) is 0 Å². The molecular formula is C31H43Cl2NO2. The Labute approximate surface area is 228 Å². The third-order valence-corrected chi connectivity index (χ3v) is 8.56. The second-order valence-corrected chi connectivity index (χ2v) is 11.5. The number of carbonyl (C=O) groups excluding carboxylic acids is 1. The van der Waals surface area contributed by atoms with Gasteiger partial charge in [0, 0.05) is 42.1 Å². The number of aliphatic hydroxyl groups excluding tert-OH is 1. The number of nitrogens with zero attached hydrogens (tertiary/aromatic N) is 1. The largest absolute Gasteiger partial charge is 0.400 e. The fraction of sp³-hybridized carbons (Fsp3) is 0.581. The third-order valence-electron chi connectivity index (χ3n) is 7.86. The molecule has 198 valence electrons. The van der Waals surface area contributed by atoms with Crippen LogP contribution in [-0.4, -0.2) is 43.0 Å². The molecule has 3 nitrogen and oxygen atoms in total. The Balaban J connectivity index is 0.000000217. The van der Waals surface area contributed by atoms with E-state index in [4.69, 9.17) is 28.3 Å². The third kappa shape index (κ3) is 7.57. The first-order chi connectivity index (χ1) is 17.5. The van der Waals surface area contributed by atoms with Crippen LogP contribution in [0.5, 0.6) is 0 Å². The van der Waals surface area contributed by atoms with Crippen molar-refractivity contribution in [2.75, 3.05) is 26.7 Å². The van der Waals surface area contributed by atoms with Crippen LogP contribution in [0.3, 0.4) is 0 Å². The van der Waals surface area contributed by atoms with Crippen molar-refractivity contribution in [2.45, 2.75) is 77.0 Å². The maximum Gasteiger partial charge on any atom is 0.121 e. The van der Waals surface area contributed by atoms with E-state index in [1.807, 2.05) is 18.2 Å². The Morgan fingerprint density at radius 3 is 2.33 bits per heavy atom. The molecule has 0 aliphatic heterocycles. The topological polar surface area (TPSA) is 40.5 Å². The predicted molar refractivity (Wildman–Crippen MR) is 152 cm³/mol. The van der Waals surface area contributed by atoms with Gasteiger partial charge in [0.2, 0.25) is 0 Å². The van der Waals surface area contributed by atoms with Crippen molar-refractivity contribution >= 4 is 29.5 Å². The number of fused-ring (bicyclic) bond motifs is 1. The van der Waals surface area contributed by atoms with Gasteiger partial charge in [-0.2, -0.15) is 0 Å². The lowest BCUT2D eigenvalue weighted by Gasteiger charge is -2.37. The van der Waals surface area contributed by atoms with E-state index < -0.39 is 0 Å². The molecule has 5 rings (SSSR count). The molecule has 2 aromatic rings. The van der Waals surface area contributed by atoms with Crippen molar-refractivity contribution in [1.82, 2.24) is 4.90 Å². The molecule has 0 saturated heterocycles. The molecule has 0 spiro atoms. The molecular weight excluding hydrogens is 489 g/mol. The molecule has 2 fully saturated rings. The Morgan fingerprint density at radius 2 is 1.75 bits per heavy atom. The molecule has 1 unspecified atom stereocenters. The standard InChI is InChI=1S/C20H29NO.C10H10Cl2.CH4O/c1-3-11-21(12-4-13-22)15-20(18-6-7-18)10-9-17-14-16(2)5-8-19(17)20;11-9-2-1-3-10(12)8(9)6-7-4-5-7;1-2/h5,8,13-14,18H,3-4,6-7,9-12,15H2,1-2H3;1-3,7H,4-6H2;2H,1H3. The SMILES string of the molecule is CCCN(CCC=O)CC1(C2CC2)CCc2cc(C)ccc21.CO.Clc1cccc(Cl)c1CC1CC1. The molecule has 2 saturated carbocycles. The minimum absolute atomic E-state index is 0.362. The molecule has 36 heavy (non-hydrogen) atoms. The van der Waals surface area contributed by atoms with Gasteiger partial charge in [0.05, 0.1) is 0 Å². The first kappa shape index (κ1) is 29.2. The molecule has 1 N–H and O–H groups in total. The maximum atomic E-state index is 10.8. The van der Waals surface area contributed by atoms with E-state index in [0.29, 0.717) is 11.8 Å². The lowest BCUT2D eigenvalue weighted by molar-refractivity contribution is -0.108. The molecule has 3 aliphatic rings. The second-order valence-electron chi connectivity index (χ2n) is 10.7. The Morgan fingerprint density at radius 1 is 1.06 bits per heavy atom. The average Bonchev–Trinajstić information content (AvgIpc) is 3.81. The zero-order valence-electron chi connectivity index (χ0n) is 22.2. The summed E-state index contributed by atoms with van der Waals surface area (Å²) in [7, 11) is 1.00. The van der Waals surface area contributed by atoms with Gasteiger partial charge in [-0.05, 0) is 105 Å². The number of aryl methyl sites for hydroxylation is 2. The van der Waals surface area contributed by atoms with Crippen LogP contribution < -0.4 is 0 Å². The van der Waals surface area contributed by atoms with Crippen molar-refractivity contribution in [3.63, 3.8) is 0 Å². The summed E-state index contributed by atoms with van der Waals surface area (Å²) in [4.78, 5) is 13.3. The summed E-state index contributed by atoms with van der Waals surface area (Å²) in [5.74, 6) is 1.70. The van der Waals surface area contributed by atoms with Crippen LogP contribution in [-0.2, 0) is 23.1 Å². The highest BCUT2D eigenvalue weighted by atomic mass is 35.5. The number of benzene rings is 2. The maximum absolute atomic E-state index is 10.8. The Kier molecular flexibility index (Phi) is 11.3. The fourth-order valence-electron chi connectivity index (χ4n) is 5.82. The quantitative estimate of drug-likeness (QED) is 0.323. The molecule has 0 heterocycles. The lowest BCUT2D eigenvalue weighted by Crippen LogP contribution is -2.42. The van der Waals surface area contributed by atoms with Crippen molar-refractivity contribution < 1.29 is 9.90 Å². The number of hydrogen-bond donors (Lipinski definition) is 1. The van der Waals surface area contributed by atoms with Crippen molar-refractivity contribution in [2.24, 2.45) is 11.8 Å². The second kappa shape index (κ2) is 14.0. The predicted octanol–water partition coefficient (Wildman–Crippen LogP) is 7.44. The number of rotatable bonds is 10. The number of carbonyl (C=O) groups is 1. The number of hydrogen-bond acceptors (Lipinski definition) is 3. The van der Waals surface area contributed by atoms with Crippen molar-refractivity contribution in [3.8, 4) is 0 Å². The summed E-state index contributed by atoms with van der Waals surface area (Å²) in [6.45, 7) is 7.63. The summed E-state index contributed by atoms with van der Waals surface area (Å²) < 4.78 is 0. The van der Waals surface area contributed by atoms with E-state index in [0.717, 1.165) is 66.9 Å². The summed E-state index contributed by atoms with van der Waals surface area (Å²) in [5, 5.41) is 8.63. The Bertz CT molecular complexity index is 966. The normalized spacial score (nSPS) is 20.2. The van der Waals surface area contributed by atoms with Crippen LogP contribution in [0.15, 0.2) is 36.4 Å². The number of aldehydes is 1. The summed E-state index contributed by atoms with van der Waals surface area (Å²) in [6, 6.07) is 12.8. The molecule has 1 atom stereocenters. The van der Waals surface area contributed by atoms with E-state index in [-0.39, 0.29) is 0 Å². The van der Waals surface area contributed by atoms with Crippen LogP contribution in [0, 0.1) is 18.8 Å². The van der Waals surface area contributed by atoms with Crippen molar-refractivity contribution in [3.05, 3.63) is 68.7 Å². The highest BCUT2D eigenvalue weighted by molar-refractivity contribution is 6.36. The van der Waals surface area contributed by atoms with Crippen LogP contribution in [0.1, 0.15) is 74.1 Å². The smallest absolute Gasteiger partial charge is 0.121 e. The highest BCUT2D eigenvalue weighted by Gasteiger charge is 2.50. The summed E-state index contributed by atoms with van der Waals surface area (Å²) in [6.07, 6.45) is 11.9. The van der Waals surface area contributed by atoms with Crippen LogP contribution in [0.4, 0.5) is 0 Å². The van der Waals surface area contributed by atoms with Crippen LogP contribution >= 0.6 is 23.2 Å². The molecule has 0 bridgehead atoms. The van der Waals surface area contributed by atoms with Crippen LogP contribution in [0.2, 0.25) is 10.0 Å². The fourth-order valence-corrected chi connectivity index (χ4v) is 6.37. The minimum Gasteiger partial charge on any atom is -0.400 e. The average molecular weight is 533 g/mol. The molecule has 0 radical (unpaired) electrons. The van der Waals surface area contributed by atoms with Gasteiger partial charge >= 0.3 is 0 Å². The summed E-state index contributed by atoms with van der Waals surface area (Å²) in [5.41, 5.74) is 6.08. The first-order valence-electron chi connectivity index (χ1n) is 13.6. The van der Waals surface area contributed by atoms with E-state index in [1.165, 1.54) is 50.5 Å². The molecule has 2 aromatic carbocycles. The van der Waals surface area contributed by atoms with Gasteiger partial charge in [0.15, 0.2) is 0 Å². The molecule has 3 aliphatic carbocycles. The van der Waals surface area contributed by atoms with Gasteiger partial charge in [0.25, 0.3) is 0 Å². The van der Waals surface area contributed by atoms with E-state index >= 15 is 0 Å². The number of aliphatic hydroxyl groups is 1. The lowest BCUT2D eigenvalue weighted by atomic mass is 9.76. The monoisotopic (exact) mass is 531 g/mol.